The monoisotopic (exact) mass is 611 g/mol. The van der Waals surface area contributed by atoms with E-state index in [9.17, 15) is 8.68 Å². The average Bonchev–Trinajstić information content (AvgIpc) is 3.50. The molecule has 1 unspecified atom stereocenters. The molecule has 39 heavy (non-hydrogen) atoms. The number of aryl methyl sites for hydroxylation is 1. The van der Waals surface area contributed by atoms with E-state index >= 15 is 4.39 Å². The molecular weight excluding hydrogens is 588 g/mol. The van der Waals surface area contributed by atoms with E-state index in [4.69, 9.17) is 4.74 Å². The van der Waals surface area contributed by atoms with E-state index in [1.54, 1.807) is 36.0 Å². The van der Waals surface area contributed by atoms with Gasteiger partial charge in [0.2, 0.25) is 0 Å². The number of rotatable bonds is 10. The predicted molar refractivity (Wildman–Crippen MR) is 152 cm³/mol. The van der Waals surface area contributed by atoms with Gasteiger partial charge in [-0.3, -0.25) is 9.48 Å². The molecule has 0 saturated heterocycles. The van der Waals surface area contributed by atoms with Gasteiger partial charge in [0.1, 0.15) is 17.8 Å². The number of anilines is 1. The van der Waals surface area contributed by atoms with Gasteiger partial charge in [-0.05, 0) is 35.9 Å². The molecule has 5 rings (SSSR count). The zero-order chi connectivity index (χ0) is 27.5. The first-order valence-electron chi connectivity index (χ1n) is 12.0. The summed E-state index contributed by atoms with van der Waals surface area (Å²) in [5.41, 5.74) is 4.61. The molecule has 0 aliphatic carbocycles. The van der Waals surface area contributed by atoms with Crippen LogP contribution in [-0.4, -0.2) is 32.1 Å². The maximum absolute atomic E-state index is 15.5. The summed E-state index contributed by atoms with van der Waals surface area (Å²) < 4.78 is 38.4. The molecule has 11 heteroatoms. The van der Waals surface area contributed by atoms with Crippen molar-refractivity contribution in [3.8, 4) is 0 Å². The summed E-state index contributed by atoms with van der Waals surface area (Å²) in [4.78, 5) is 18.4. The molecule has 5 aromatic rings. The molecule has 0 N–H and O–H groups in total. The summed E-state index contributed by atoms with van der Waals surface area (Å²) >= 11 is 3.39. The summed E-state index contributed by atoms with van der Waals surface area (Å²) in [7, 11) is 3.55. The van der Waals surface area contributed by atoms with Crippen molar-refractivity contribution >= 4 is 51.3 Å². The van der Waals surface area contributed by atoms with Crippen LogP contribution in [-0.2, 0) is 25.0 Å². The molecule has 7 nitrogen and oxygen atoms in total. The van der Waals surface area contributed by atoms with E-state index in [0.29, 0.717) is 50.9 Å². The van der Waals surface area contributed by atoms with Crippen LogP contribution in [0.15, 0.2) is 77.5 Å². The first kappa shape index (κ1) is 27.0. The third-order valence-corrected chi connectivity index (χ3v) is 7.53. The molecule has 1 atom stereocenters. The van der Waals surface area contributed by atoms with Crippen LogP contribution in [0.4, 0.5) is 14.0 Å². The number of ether oxygens (including phenoxy) is 1. The van der Waals surface area contributed by atoms with Crippen LogP contribution in [0.25, 0.3) is 11.0 Å². The van der Waals surface area contributed by atoms with Crippen molar-refractivity contribution in [1.29, 1.82) is 0 Å². The van der Waals surface area contributed by atoms with Crippen LogP contribution >= 0.6 is 28.3 Å². The number of fused-ring (bicyclic) bond motifs is 1. The van der Waals surface area contributed by atoms with Gasteiger partial charge in [0.05, 0.1) is 36.0 Å². The van der Waals surface area contributed by atoms with Gasteiger partial charge in [0, 0.05) is 35.4 Å². The Morgan fingerprint density at radius 1 is 1.13 bits per heavy atom. The molecule has 0 radical (unpaired) electrons. The van der Waals surface area contributed by atoms with Crippen molar-refractivity contribution in [2.24, 2.45) is 7.05 Å². The van der Waals surface area contributed by atoms with Crippen molar-refractivity contribution in [2.45, 2.75) is 19.3 Å². The van der Waals surface area contributed by atoms with Gasteiger partial charge >= 0.3 is 0 Å². The zero-order valence-corrected chi connectivity index (χ0v) is 23.5. The maximum atomic E-state index is 15.5. The smallest absolute Gasteiger partial charge is 0.171 e. The minimum absolute atomic E-state index is 0.0609. The number of nitrogens with zero attached hydrogens (tertiary/aromatic N) is 5. The lowest BCUT2D eigenvalue weighted by atomic mass is 9.94. The number of hydrogen-bond acceptors (Lipinski definition) is 6. The Morgan fingerprint density at radius 3 is 2.64 bits per heavy atom. The van der Waals surface area contributed by atoms with Gasteiger partial charge in [0.15, 0.2) is 18.6 Å². The van der Waals surface area contributed by atoms with E-state index in [1.165, 1.54) is 16.4 Å². The molecular formula is C28H24BrF2N5O2S. The fraction of sp³-hybridized carbons (Fsp3) is 0.179. The van der Waals surface area contributed by atoms with E-state index in [0.717, 1.165) is 5.56 Å². The molecule has 0 aliphatic rings. The van der Waals surface area contributed by atoms with Crippen molar-refractivity contribution < 1.29 is 17.8 Å². The largest absolute Gasteiger partial charge is 0.370 e. The summed E-state index contributed by atoms with van der Waals surface area (Å²) in [5, 5.41) is 4.44. The topological polar surface area (TPSA) is 65.2 Å². The number of carbonyl (C=O) groups is 1. The Labute approximate surface area is 237 Å². The number of carbonyl (C=O) groups excluding carboxylic acids is 1. The minimum atomic E-state index is -0.739. The predicted octanol–water partition coefficient (Wildman–Crippen LogP) is 6.81. The maximum Gasteiger partial charge on any atom is 0.171 e. The minimum Gasteiger partial charge on any atom is -0.370 e. The zero-order valence-electron chi connectivity index (χ0n) is 21.1. The normalized spacial score (nSPS) is 12.1. The number of aldehydes is 1. The quantitative estimate of drug-likeness (QED) is 0.162. The first-order chi connectivity index (χ1) is 18.9. The molecule has 0 saturated carbocycles. The number of halogens is 3. The van der Waals surface area contributed by atoms with Crippen molar-refractivity contribution in [1.82, 2.24) is 18.7 Å². The average molecular weight is 613 g/mol. The van der Waals surface area contributed by atoms with E-state index in [2.05, 4.69) is 26.0 Å². The highest BCUT2D eigenvalue weighted by Crippen LogP contribution is 2.38. The fourth-order valence-electron chi connectivity index (χ4n) is 4.68. The van der Waals surface area contributed by atoms with Gasteiger partial charge in [0.25, 0.3) is 0 Å². The molecule has 2 heterocycles. The third kappa shape index (κ3) is 5.47. The van der Waals surface area contributed by atoms with Crippen LogP contribution < -0.4 is 4.90 Å². The number of imidazole rings is 1. The Hall–Kier alpha value is -3.54. The lowest BCUT2D eigenvalue weighted by Gasteiger charge is -2.31. The Morgan fingerprint density at radius 2 is 1.92 bits per heavy atom. The molecule has 0 spiro atoms. The third-order valence-electron chi connectivity index (χ3n) is 6.59. The van der Waals surface area contributed by atoms with Crippen molar-refractivity contribution in [3.05, 3.63) is 111 Å². The molecule has 0 fully saturated rings. The standard InChI is InChI=1S/C28H24BrF2N5O2S/c1-34(20-9-11-25-23(13-20)32-17-36(25)39-31)28(21-10-8-19(29)12-22(21)30)27-24(14-37)33-35(2)26(27)16-38-15-18-6-4-3-5-7-18/h3-14,17,28H,15-16H2,1-2H3. The Balaban J connectivity index is 1.60. The first-order valence-corrected chi connectivity index (χ1v) is 13.4. The Bertz CT molecular complexity index is 1630. The highest BCUT2D eigenvalue weighted by molar-refractivity contribution is 9.10. The second-order valence-electron chi connectivity index (χ2n) is 8.96. The summed E-state index contributed by atoms with van der Waals surface area (Å²) in [6, 6.07) is 19.2. The lowest BCUT2D eigenvalue weighted by Crippen LogP contribution is -2.28. The highest BCUT2D eigenvalue weighted by atomic mass is 79.9. The van der Waals surface area contributed by atoms with Crippen molar-refractivity contribution in [2.75, 3.05) is 11.9 Å². The summed E-state index contributed by atoms with van der Waals surface area (Å²) in [6.07, 6.45) is 2.08. The summed E-state index contributed by atoms with van der Waals surface area (Å²) in [6.45, 7) is 0.516. The second-order valence-corrected chi connectivity index (χ2v) is 10.4. The number of aromatic nitrogens is 4. The van der Waals surface area contributed by atoms with Gasteiger partial charge in [-0.1, -0.05) is 52.3 Å². The number of hydrogen-bond donors (Lipinski definition) is 0. The van der Waals surface area contributed by atoms with E-state index < -0.39 is 11.9 Å². The van der Waals surface area contributed by atoms with Crippen LogP contribution in [0, 0.1) is 5.82 Å². The van der Waals surface area contributed by atoms with Crippen LogP contribution in [0.1, 0.15) is 38.9 Å². The van der Waals surface area contributed by atoms with E-state index in [1.807, 2.05) is 48.3 Å². The molecule has 2 aromatic heterocycles. The Kier molecular flexibility index (Phi) is 8.10. The van der Waals surface area contributed by atoms with Gasteiger partial charge < -0.3 is 9.64 Å². The lowest BCUT2D eigenvalue weighted by molar-refractivity contribution is 0.101. The van der Waals surface area contributed by atoms with Gasteiger partial charge in [-0.25, -0.2) is 13.3 Å². The van der Waals surface area contributed by atoms with Crippen molar-refractivity contribution in [3.63, 3.8) is 0 Å². The molecule has 0 bridgehead atoms. The van der Waals surface area contributed by atoms with Gasteiger partial charge in [-0.2, -0.15) is 5.10 Å². The molecule has 3 aromatic carbocycles. The molecule has 200 valence electrons. The van der Waals surface area contributed by atoms with E-state index in [-0.39, 0.29) is 24.6 Å². The number of benzene rings is 3. The fourth-order valence-corrected chi connectivity index (χ4v) is 5.32. The molecule has 0 aliphatic heterocycles. The van der Waals surface area contributed by atoms with Crippen LogP contribution in [0.5, 0.6) is 0 Å². The summed E-state index contributed by atoms with van der Waals surface area (Å²) in [5.74, 6) is -0.447. The van der Waals surface area contributed by atoms with Crippen LogP contribution in [0.3, 0.4) is 0 Å². The second kappa shape index (κ2) is 11.7. The SMILES string of the molecule is CN(c1ccc2c(c1)ncn2SF)C(c1ccc(Br)cc1F)c1c(C=O)nn(C)c1COCc1ccccc1. The van der Waals surface area contributed by atoms with Crippen LogP contribution in [0.2, 0.25) is 0 Å². The van der Waals surface area contributed by atoms with Gasteiger partial charge in [-0.15, -0.1) is 3.89 Å². The molecule has 0 amide bonds. The highest BCUT2D eigenvalue weighted by Gasteiger charge is 2.31.